The fourth-order valence-electron chi connectivity index (χ4n) is 1.48. The van der Waals surface area contributed by atoms with E-state index in [4.69, 9.17) is 5.73 Å². The molecule has 0 unspecified atom stereocenters. The Morgan fingerprint density at radius 3 is 2.76 bits per heavy atom. The van der Waals surface area contributed by atoms with Crippen molar-refractivity contribution < 1.29 is 0 Å². The number of nitrogen functional groups attached to an aromatic ring is 1. The number of nitrogens with one attached hydrogen (secondary N) is 1. The topological polar surface area (TPSA) is 67.1 Å². The quantitative estimate of drug-likeness (QED) is 0.750. The van der Waals surface area contributed by atoms with Gasteiger partial charge in [-0.2, -0.15) is 0 Å². The van der Waals surface area contributed by atoms with Crippen molar-refractivity contribution in [2.45, 2.75) is 26.7 Å². The maximum absolute atomic E-state index is 5.75. The highest BCUT2D eigenvalue weighted by atomic mass is 15.1. The molecule has 0 aliphatic heterocycles. The van der Waals surface area contributed by atoms with E-state index in [1.165, 1.54) is 0 Å². The lowest BCUT2D eigenvalue weighted by molar-refractivity contribution is 0.367. The van der Waals surface area contributed by atoms with Gasteiger partial charge in [0.25, 0.3) is 0 Å². The third kappa shape index (κ3) is 4.99. The first-order chi connectivity index (χ1) is 8.15. The average molecular weight is 237 g/mol. The van der Waals surface area contributed by atoms with Gasteiger partial charge in [-0.25, -0.2) is 9.97 Å². The summed E-state index contributed by atoms with van der Waals surface area (Å²) in [7, 11) is 2.10. The third-order valence-electron chi connectivity index (χ3n) is 2.61. The molecule has 5 heteroatoms. The van der Waals surface area contributed by atoms with E-state index in [1.807, 2.05) is 0 Å². The average Bonchev–Trinajstić information content (AvgIpc) is 2.28. The fraction of sp³-hybridized carbons (Fsp3) is 0.667. The number of rotatable bonds is 7. The molecule has 1 aromatic heterocycles. The van der Waals surface area contributed by atoms with Crippen molar-refractivity contribution in [3.8, 4) is 0 Å². The zero-order chi connectivity index (χ0) is 12.7. The summed E-state index contributed by atoms with van der Waals surface area (Å²) in [5.74, 6) is 2.18. The largest absolute Gasteiger partial charge is 0.384 e. The number of nitrogens with two attached hydrogens (primary N) is 1. The maximum Gasteiger partial charge on any atom is 0.133 e. The molecule has 0 aliphatic rings. The number of nitrogens with zero attached hydrogens (tertiary/aromatic N) is 3. The number of aromatic nitrogens is 2. The standard InChI is InChI=1S/C12H23N5/c1-4-6-11-15-10(13)9-12(16-11)14-7-8-17(3)5-2/h9H,4-8H2,1-3H3,(H3,13,14,15,16). The highest BCUT2D eigenvalue weighted by Crippen LogP contribution is 2.09. The van der Waals surface area contributed by atoms with Gasteiger partial charge in [0, 0.05) is 25.6 Å². The van der Waals surface area contributed by atoms with Crippen LogP contribution in [-0.2, 0) is 6.42 Å². The molecule has 1 rings (SSSR count). The van der Waals surface area contributed by atoms with Crippen molar-refractivity contribution in [2.75, 3.05) is 37.7 Å². The lowest BCUT2D eigenvalue weighted by Crippen LogP contribution is -2.25. The van der Waals surface area contributed by atoms with Gasteiger partial charge in [0.15, 0.2) is 0 Å². The zero-order valence-corrected chi connectivity index (χ0v) is 11.0. The summed E-state index contributed by atoms with van der Waals surface area (Å²) in [6, 6.07) is 1.78. The zero-order valence-electron chi connectivity index (χ0n) is 11.0. The van der Waals surface area contributed by atoms with Crippen molar-refractivity contribution >= 4 is 11.6 Å². The van der Waals surface area contributed by atoms with Gasteiger partial charge in [0.05, 0.1) is 0 Å². The molecule has 1 aromatic rings. The Bertz CT molecular complexity index is 340. The molecule has 0 saturated heterocycles. The minimum absolute atomic E-state index is 0.537. The van der Waals surface area contributed by atoms with E-state index in [1.54, 1.807) is 6.07 Å². The van der Waals surface area contributed by atoms with E-state index in [-0.39, 0.29) is 0 Å². The van der Waals surface area contributed by atoms with Gasteiger partial charge >= 0.3 is 0 Å². The molecule has 3 N–H and O–H groups in total. The Balaban J connectivity index is 2.52. The van der Waals surface area contributed by atoms with Gasteiger partial charge in [-0.15, -0.1) is 0 Å². The lowest BCUT2D eigenvalue weighted by Gasteiger charge is -2.14. The van der Waals surface area contributed by atoms with E-state index in [0.717, 1.165) is 44.1 Å². The van der Waals surface area contributed by atoms with Gasteiger partial charge in [-0.05, 0) is 20.0 Å². The second-order valence-electron chi connectivity index (χ2n) is 4.17. The first-order valence-corrected chi connectivity index (χ1v) is 6.21. The smallest absolute Gasteiger partial charge is 0.133 e. The molecule has 0 saturated carbocycles. The summed E-state index contributed by atoms with van der Waals surface area (Å²) in [4.78, 5) is 10.9. The maximum atomic E-state index is 5.75. The normalized spacial score (nSPS) is 10.8. The predicted molar refractivity (Wildman–Crippen MR) is 72.1 cm³/mol. The summed E-state index contributed by atoms with van der Waals surface area (Å²) in [5.41, 5.74) is 5.75. The molecule has 0 amide bonds. The van der Waals surface area contributed by atoms with Gasteiger partial charge in [-0.1, -0.05) is 13.8 Å². The first-order valence-electron chi connectivity index (χ1n) is 6.21. The van der Waals surface area contributed by atoms with Crippen LogP contribution in [0, 0.1) is 0 Å². The SMILES string of the molecule is CCCc1nc(N)cc(NCCN(C)CC)n1. The van der Waals surface area contributed by atoms with Crippen molar-refractivity contribution in [3.05, 3.63) is 11.9 Å². The van der Waals surface area contributed by atoms with Crippen LogP contribution in [0.15, 0.2) is 6.07 Å². The minimum atomic E-state index is 0.537. The summed E-state index contributed by atoms with van der Waals surface area (Å²) in [6.07, 6.45) is 1.90. The highest BCUT2D eigenvalue weighted by Gasteiger charge is 2.02. The van der Waals surface area contributed by atoms with Crippen LogP contribution >= 0.6 is 0 Å². The van der Waals surface area contributed by atoms with Gasteiger partial charge in [0.1, 0.15) is 17.5 Å². The molecule has 96 valence electrons. The molecule has 0 bridgehead atoms. The molecule has 17 heavy (non-hydrogen) atoms. The predicted octanol–water partition coefficient (Wildman–Crippen LogP) is 1.37. The molecule has 0 atom stereocenters. The van der Waals surface area contributed by atoms with Crippen LogP contribution in [0.1, 0.15) is 26.1 Å². The van der Waals surface area contributed by atoms with Crippen molar-refractivity contribution in [1.82, 2.24) is 14.9 Å². The van der Waals surface area contributed by atoms with Crippen molar-refractivity contribution in [2.24, 2.45) is 0 Å². The van der Waals surface area contributed by atoms with Gasteiger partial charge in [0.2, 0.25) is 0 Å². The molecule has 1 heterocycles. The minimum Gasteiger partial charge on any atom is -0.384 e. The second-order valence-corrected chi connectivity index (χ2v) is 4.17. The Kier molecular flexibility index (Phi) is 5.69. The van der Waals surface area contributed by atoms with Crippen LogP contribution in [0.5, 0.6) is 0 Å². The van der Waals surface area contributed by atoms with Crippen LogP contribution in [0.4, 0.5) is 11.6 Å². The molecule has 0 aliphatic carbocycles. The Morgan fingerprint density at radius 1 is 1.35 bits per heavy atom. The monoisotopic (exact) mass is 237 g/mol. The fourth-order valence-corrected chi connectivity index (χ4v) is 1.48. The number of aryl methyl sites for hydroxylation is 1. The molecule has 0 radical (unpaired) electrons. The molecule has 0 aromatic carbocycles. The van der Waals surface area contributed by atoms with Crippen LogP contribution in [0.25, 0.3) is 0 Å². The Hall–Kier alpha value is -1.36. The van der Waals surface area contributed by atoms with E-state index < -0.39 is 0 Å². The summed E-state index contributed by atoms with van der Waals surface area (Å²) in [5, 5.41) is 3.28. The third-order valence-corrected chi connectivity index (χ3v) is 2.61. The van der Waals surface area contributed by atoms with Gasteiger partial charge < -0.3 is 16.0 Å². The second kappa shape index (κ2) is 7.06. The summed E-state index contributed by atoms with van der Waals surface area (Å²) in [6.45, 7) is 7.16. The number of hydrogen-bond acceptors (Lipinski definition) is 5. The molecule has 0 spiro atoms. The molecular formula is C12H23N5. The Morgan fingerprint density at radius 2 is 2.12 bits per heavy atom. The van der Waals surface area contributed by atoms with Crippen molar-refractivity contribution in [3.63, 3.8) is 0 Å². The van der Waals surface area contributed by atoms with Crippen LogP contribution in [0.2, 0.25) is 0 Å². The summed E-state index contributed by atoms with van der Waals surface area (Å²) < 4.78 is 0. The number of hydrogen-bond donors (Lipinski definition) is 2. The lowest BCUT2D eigenvalue weighted by atomic mass is 10.3. The summed E-state index contributed by atoms with van der Waals surface area (Å²) >= 11 is 0. The number of anilines is 2. The van der Waals surface area contributed by atoms with E-state index in [9.17, 15) is 0 Å². The van der Waals surface area contributed by atoms with Crippen LogP contribution < -0.4 is 11.1 Å². The number of likely N-dealkylation sites (N-methyl/N-ethyl adjacent to an activating group) is 1. The van der Waals surface area contributed by atoms with E-state index >= 15 is 0 Å². The highest BCUT2D eigenvalue weighted by molar-refractivity contribution is 5.44. The molecular weight excluding hydrogens is 214 g/mol. The molecule has 0 fully saturated rings. The first kappa shape index (κ1) is 13.7. The van der Waals surface area contributed by atoms with Crippen molar-refractivity contribution in [1.29, 1.82) is 0 Å². The van der Waals surface area contributed by atoms with E-state index in [0.29, 0.717) is 5.82 Å². The molecule has 5 nitrogen and oxygen atoms in total. The van der Waals surface area contributed by atoms with Gasteiger partial charge in [-0.3, -0.25) is 0 Å². The van der Waals surface area contributed by atoms with E-state index in [2.05, 4.69) is 41.1 Å². The van der Waals surface area contributed by atoms with Crippen LogP contribution in [-0.4, -0.2) is 41.5 Å². The van der Waals surface area contributed by atoms with Crippen LogP contribution in [0.3, 0.4) is 0 Å². The Labute approximate surface area is 103 Å².